The van der Waals surface area contributed by atoms with Gasteiger partial charge in [0.25, 0.3) is 0 Å². The average Bonchev–Trinajstić information content (AvgIpc) is 2.51. The highest BCUT2D eigenvalue weighted by Gasteiger charge is 2.25. The Morgan fingerprint density at radius 1 is 1.18 bits per heavy atom. The molecule has 1 atom stereocenters. The van der Waals surface area contributed by atoms with Gasteiger partial charge in [0.2, 0.25) is 5.91 Å². The van der Waals surface area contributed by atoms with Gasteiger partial charge in [0.15, 0.2) is 0 Å². The second kappa shape index (κ2) is 6.99. The number of amides is 1. The third kappa shape index (κ3) is 3.51. The minimum absolute atomic E-state index is 0.0275. The van der Waals surface area contributed by atoms with Crippen LogP contribution in [0.2, 0.25) is 10.0 Å². The number of carbonyl (C=O) groups excluding carboxylic acids is 1. The van der Waals surface area contributed by atoms with Crippen LogP contribution >= 0.6 is 23.2 Å². The molecule has 2 rings (SSSR count). The Kier molecular flexibility index (Phi) is 5.27. The molecule has 0 aliphatic heterocycles. The van der Waals surface area contributed by atoms with Crippen molar-refractivity contribution in [3.05, 3.63) is 57.8 Å². The van der Waals surface area contributed by atoms with Gasteiger partial charge in [-0.25, -0.2) is 0 Å². The average molecular weight is 339 g/mol. The second-order valence-corrected chi connectivity index (χ2v) is 5.96. The summed E-state index contributed by atoms with van der Waals surface area (Å²) in [6.45, 7) is 3.58. The van der Waals surface area contributed by atoms with Crippen LogP contribution in [-0.4, -0.2) is 16.0 Å². The molecule has 2 aromatic rings. The van der Waals surface area contributed by atoms with Gasteiger partial charge in [-0.15, -0.1) is 0 Å². The number of rotatable bonds is 4. The lowest BCUT2D eigenvalue weighted by Gasteiger charge is -2.23. The number of hydrogen-bond acceptors (Lipinski definition) is 3. The summed E-state index contributed by atoms with van der Waals surface area (Å²) >= 11 is 12.3. The predicted octanol–water partition coefficient (Wildman–Crippen LogP) is 3.96. The van der Waals surface area contributed by atoms with Crippen LogP contribution in [0.25, 0.3) is 0 Å². The molecule has 2 N–H and O–H groups in total. The molecule has 1 aromatic carbocycles. The van der Waals surface area contributed by atoms with Crippen molar-refractivity contribution < 1.29 is 9.90 Å². The number of nitrogens with one attached hydrogen (secondary N) is 1. The topological polar surface area (TPSA) is 62.2 Å². The number of pyridine rings is 1. The minimum atomic E-state index is -0.607. The van der Waals surface area contributed by atoms with Gasteiger partial charge in [-0.05, 0) is 29.8 Å². The molecule has 0 radical (unpaired) electrons. The van der Waals surface area contributed by atoms with Gasteiger partial charge in [0.1, 0.15) is 5.75 Å². The Bertz CT molecular complexity index is 675. The molecule has 4 nitrogen and oxygen atoms in total. The van der Waals surface area contributed by atoms with Crippen LogP contribution < -0.4 is 5.32 Å². The largest absolute Gasteiger partial charge is 0.508 e. The van der Waals surface area contributed by atoms with E-state index < -0.39 is 6.04 Å². The molecule has 0 saturated heterocycles. The predicted molar refractivity (Wildman–Crippen MR) is 87.2 cm³/mol. The van der Waals surface area contributed by atoms with Gasteiger partial charge in [0, 0.05) is 23.9 Å². The zero-order valence-electron chi connectivity index (χ0n) is 12.2. The molecule has 0 aliphatic rings. The van der Waals surface area contributed by atoms with Crippen LogP contribution in [0.15, 0.2) is 36.7 Å². The normalized spacial score (nSPS) is 12.2. The van der Waals surface area contributed by atoms with E-state index in [1.165, 1.54) is 12.1 Å². The van der Waals surface area contributed by atoms with E-state index in [0.717, 1.165) is 5.56 Å². The standard InChI is InChI=1S/C16H16Cl2N2O2/c1-9(2)16(22)20-15(10-5-7-19-8-6-10)13-12(21)4-3-11(17)14(13)18/h3-9,15,21H,1-2H3,(H,20,22). The number of aromatic hydroxyl groups is 1. The lowest BCUT2D eigenvalue weighted by atomic mass is 9.97. The zero-order valence-corrected chi connectivity index (χ0v) is 13.7. The fourth-order valence-corrected chi connectivity index (χ4v) is 2.45. The van der Waals surface area contributed by atoms with Crippen molar-refractivity contribution in [3.63, 3.8) is 0 Å². The first-order valence-electron chi connectivity index (χ1n) is 6.79. The Balaban J connectivity index is 2.54. The Hall–Kier alpha value is -1.78. The molecule has 116 valence electrons. The number of phenolic OH excluding ortho intramolecular Hbond substituents is 1. The molecule has 0 aliphatic carbocycles. The first kappa shape index (κ1) is 16.6. The van der Waals surface area contributed by atoms with Crippen molar-refractivity contribution in [3.8, 4) is 5.75 Å². The van der Waals surface area contributed by atoms with Gasteiger partial charge < -0.3 is 10.4 Å². The highest BCUT2D eigenvalue weighted by molar-refractivity contribution is 6.42. The van der Waals surface area contributed by atoms with E-state index in [-0.39, 0.29) is 22.6 Å². The first-order valence-corrected chi connectivity index (χ1v) is 7.54. The molecule has 22 heavy (non-hydrogen) atoms. The van der Waals surface area contributed by atoms with Crippen molar-refractivity contribution in [2.24, 2.45) is 5.92 Å². The van der Waals surface area contributed by atoms with Crippen LogP contribution in [0.5, 0.6) is 5.75 Å². The third-order valence-electron chi connectivity index (χ3n) is 3.25. The Labute approximate surface area is 139 Å². The van der Waals surface area contributed by atoms with Crippen LogP contribution in [0.4, 0.5) is 0 Å². The maximum absolute atomic E-state index is 12.1. The van der Waals surface area contributed by atoms with E-state index in [2.05, 4.69) is 10.3 Å². The van der Waals surface area contributed by atoms with Gasteiger partial charge in [-0.2, -0.15) is 0 Å². The van der Waals surface area contributed by atoms with Gasteiger partial charge >= 0.3 is 0 Å². The summed E-state index contributed by atoms with van der Waals surface area (Å²) in [7, 11) is 0. The SMILES string of the molecule is CC(C)C(=O)NC(c1ccncc1)c1c(O)ccc(Cl)c1Cl. The number of aromatic nitrogens is 1. The molecule has 6 heteroatoms. The van der Waals surface area contributed by atoms with Gasteiger partial charge in [-0.1, -0.05) is 37.0 Å². The van der Waals surface area contributed by atoms with E-state index in [1.54, 1.807) is 38.4 Å². The van der Waals surface area contributed by atoms with Crippen molar-refractivity contribution in [2.45, 2.75) is 19.9 Å². The summed E-state index contributed by atoms with van der Waals surface area (Å²) in [6, 6.07) is 5.86. The fraction of sp³-hybridized carbons (Fsp3) is 0.250. The molecular formula is C16H16Cl2N2O2. The summed E-state index contributed by atoms with van der Waals surface area (Å²) in [5, 5.41) is 13.6. The summed E-state index contributed by atoms with van der Waals surface area (Å²) < 4.78 is 0. The fourth-order valence-electron chi connectivity index (χ4n) is 2.02. The minimum Gasteiger partial charge on any atom is -0.508 e. The maximum atomic E-state index is 12.1. The Morgan fingerprint density at radius 2 is 1.82 bits per heavy atom. The first-order chi connectivity index (χ1) is 10.4. The monoisotopic (exact) mass is 338 g/mol. The van der Waals surface area contributed by atoms with Gasteiger partial charge in [-0.3, -0.25) is 9.78 Å². The summed E-state index contributed by atoms with van der Waals surface area (Å²) in [4.78, 5) is 16.1. The van der Waals surface area contributed by atoms with Crippen LogP contribution in [0, 0.1) is 5.92 Å². The van der Waals surface area contributed by atoms with E-state index in [0.29, 0.717) is 10.6 Å². The molecule has 1 amide bonds. The molecule has 0 fully saturated rings. The molecular weight excluding hydrogens is 323 g/mol. The lowest BCUT2D eigenvalue weighted by molar-refractivity contribution is -0.124. The van der Waals surface area contributed by atoms with Crippen LogP contribution in [0.3, 0.4) is 0 Å². The van der Waals surface area contributed by atoms with Crippen molar-refractivity contribution >= 4 is 29.1 Å². The molecule has 1 aromatic heterocycles. The van der Waals surface area contributed by atoms with Crippen molar-refractivity contribution in [1.82, 2.24) is 10.3 Å². The number of carbonyl (C=O) groups is 1. The number of hydrogen-bond donors (Lipinski definition) is 2. The summed E-state index contributed by atoms with van der Waals surface area (Å²) in [5.74, 6) is -0.387. The van der Waals surface area contributed by atoms with Gasteiger partial charge in [0.05, 0.1) is 16.1 Å². The quantitative estimate of drug-likeness (QED) is 0.886. The van der Waals surface area contributed by atoms with E-state index >= 15 is 0 Å². The number of benzene rings is 1. The molecule has 0 bridgehead atoms. The van der Waals surface area contributed by atoms with E-state index in [4.69, 9.17) is 23.2 Å². The maximum Gasteiger partial charge on any atom is 0.223 e. The number of nitrogens with zero attached hydrogens (tertiary/aromatic N) is 1. The summed E-state index contributed by atoms with van der Waals surface area (Å²) in [5.41, 5.74) is 1.12. The van der Waals surface area contributed by atoms with Crippen molar-refractivity contribution in [1.29, 1.82) is 0 Å². The number of phenols is 1. The molecule has 0 saturated carbocycles. The molecule has 1 unspecified atom stereocenters. The van der Waals surface area contributed by atoms with Crippen LogP contribution in [0.1, 0.15) is 31.0 Å². The van der Waals surface area contributed by atoms with E-state index in [9.17, 15) is 9.90 Å². The van der Waals surface area contributed by atoms with Crippen molar-refractivity contribution in [2.75, 3.05) is 0 Å². The van der Waals surface area contributed by atoms with E-state index in [1.807, 2.05) is 0 Å². The third-order valence-corrected chi connectivity index (χ3v) is 4.07. The Morgan fingerprint density at radius 3 is 2.41 bits per heavy atom. The zero-order chi connectivity index (χ0) is 16.3. The molecule has 1 heterocycles. The number of halogens is 2. The summed E-state index contributed by atoms with van der Waals surface area (Å²) in [6.07, 6.45) is 3.22. The lowest BCUT2D eigenvalue weighted by Crippen LogP contribution is -2.32. The molecule has 0 spiro atoms. The second-order valence-electron chi connectivity index (χ2n) is 5.17. The highest BCUT2D eigenvalue weighted by Crippen LogP contribution is 2.39. The highest BCUT2D eigenvalue weighted by atomic mass is 35.5. The smallest absolute Gasteiger partial charge is 0.223 e. The van der Waals surface area contributed by atoms with Crippen LogP contribution in [-0.2, 0) is 4.79 Å².